The van der Waals surface area contributed by atoms with Crippen LogP contribution in [-0.2, 0) is 13.1 Å². The number of carbonyl (C=O) groups is 1. The number of anilines is 1. The molecule has 0 atom stereocenters. The van der Waals surface area contributed by atoms with Crippen LogP contribution in [0, 0.1) is 11.6 Å². The number of fused-ring (bicyclic) bond motifs is 4. The maximum Gasteiger partial charge on any atom is 0.273 e. The largest absolute Gasteiger partial charge is 0.332 e. The molecule has 1 amide bonds. The second-order valence-electron chi connectivity index (χ2n) is 8.09. The minimum Gasteiger partial charge on any atom is -0.332 e. The van der Waals surface area contributed by atoms with Crippen LogP contribution < -0.4 is 16.0 Å². The first kappa shape index (κ1) is 19.6. The molecule has 0 saturated carbocycles. The summed E-state index contributed by atoms with van der Waals surface area (Å²) in [7, 11) is 0. The van der Waals surface area contributed by atoms with Crippen molar-refractivity contribution in [1.29, 1.82) is 0 Å². The second kappa shape index (κ2) is 7.53. The Morgan fingerprint density at radius 1 is 1.06 bits per heavy atom. The molecule has 2 N–H and O–H groups in total. The van der Waals surface area contributed by atoms with Crippen molar-refractivity contribution in [1.82, 2.24) is 19.3 Å². The van der Waals surface area contributed by atoms with Gasteiger partial charge in [0.1, 0.15) is 28.8 Å². The summed E-state index contributed by atoms with van der Waals surface area (Å²) in [6, 6.07) is 15.9. The fourth-order valence-corrected chi connectivity index (χ4v) is 4.49. The maximum absolute atomic E-state index is 13.9. The molecule has 0 radical (unpaired) electrons. The average molecular weight is 443 g/mol. The Kier molecular flexibility index (Phi) is 4.48. The topological polar surface area (TPSA) is 63.4 Å². The third kappa shape index (κ3) is 3.35. The summed E-state index contributed by atoms with van der Waals surface area (Å²) in [4.78, 5) is 18.0. The minimum atomic E-state index is -0.385. The molecular formula is C25H19F2N5O. The van der Waals surface area contributed by atoms with E-state index in [1.165, 1.54) is 24.3 Å². The number of nitrogens with one attached hydrogen (secondary N) is 2. The van der Waals surface area contributed by atoms with E-state index >= 15 is 0 Å². The summed E-state index contributed by atoms with van der Waals surface area (Å²) in [5.41, 5.74) is 3.44. The van der Waals surface area contributed by atoms with E-state index in [1.54, 1.807) is 28.8 Å². The van der Waals surface area contributed by atoms with E-state index in [2.05, 4.69) is 15.6 Å². The molecule has 0 saturated heterocycles. The van der Waals surface area contributed by atoms with Gasteiger partial charge in [-0.1, -0.05) is 12.1 Å². The number of hydrogen-bond donors (Lipinski definition) is 2. The van der Waals surface area contributed by atoms with Crippen molar-refractivity contribution in [2.75, 3.05) is 11.9 Å². The van der Waals surface area contributed by atoms with Crippen LogP contribution in [0.2, 0.25) is 0 Å². The first-order chi connectivity index (χ1) is 16.1. The average Bonchev–Trinajstić information content (AvgIpc) is 3.46. The molecule has 6 rings (SSSR count). The fourth-order valence-electron chi connectivity index (χ4n) is 4.49. The van der Waals surface area contributed by atoms with Gasteiger partial charge in [0.2, 0.25) is 0 Å². The predicted octanol–water partition coefficient (Wildman–Crippen LogP) is 3.47. The summed E-state index contributed by atoms with van der Waals surface area (Å²) in [5.74, 6) is -0.470. The molecule has 6 nitrogen and oxygen atoms in total. The predicted molar refractivity (Wildman–Crippen MR) is 122 cm³/mol. The molecule has 164 valence electrons. The molecule has 1 aliphatic rings. The molecule has 0 fully saturated rings. The second-order valence-corrected chi connectivity index (χ2v) is 8.09. The zero-order valence-corrected chi connectivity index (χ0v) is 17.5. The van der Waals surface area contributed by atoms with E-state index in [0.717, 1.165) is 23.2 Å². The summed E-state index contributed by atoms with van der Waals surface area (Å²) in [5, 5.41) is 7.80. The van der Waals surface area contributed by atoms with Gasteiger partial charge in [0.05, 0.1) is 11.0 Å². The van der Waals surface area contributed by atoms with Crippen LogP contribution in [0.5, 0.6) is 0 Å². The Hall–Kier alpha value is -4.04. The number of imidazole rings is 1. The van der Waals surface area contributed by atoms with Crippen LogP contribution in [0.3, 0.4) is 0 Å². The number of benzene rings is 2. The Labute approximate surface area is 187 Å². The monoisotopic (exact) mass is 443 g/mol. The molecule has 0 spiro atoms. The van der Waals surface area contributed by atoms with Gasteiger partial charge in [-0.05, 0) is 60.2 Å². The van der Waals surface area contributed by atoms with E-state index in [4.69, 9.17) is 0 Å². The molecule has 2 aromatic carbocycles. The number of amides is 1. The highest BCUT2D eigenvalue weighted by Gasteiger charge is 2.20. The van der Waals surface area contributed by atoms with Crippen LogP contribution in [0.15, 0.2) is 60.7 Å². The number of nitrogens with zero attached hydrogens (tertiary/aromatic N) is 3. The number of halogens is 2. The third-order valence-corrected chi connectivity index (χ3v) is 5.95. The van der Waals surface area contributed by atoms with Crippen LogP contribution in [0.1, 0.15) is 21.7 Å². The molecule has 0 unspecified atom stereocenters. The molecule has 3 aromatic heterocycles. The van der Waals surface area contributed by atoms with Crippen LogP contribution in [-0.4, -0.2) is 26.4 Å². The third-order valence-electron chi connectivity index (χ3n) is 5.95. The molecule has 0 aliphatic carbocycles. The lowest BCUT2D eigenvalue weighted by Gasteiger charge is -2.12. The number of carbonyl (C=O) groups excluding carboxylic acids is 1. The van der Waals surface area contributed by atoms with Crippen molar-refractivity contribution >= 4 is 34.4 Å². The quantitative estimate of drug-likeness (QED) is 0.447. The van der Waals surface area contributed by atoms with Gasteiger partial charge in [-0.15, -0.1) is 0 Å². The zero-order chi connectivity index (χ0) is 22.5. The maximum atomic E-state index is 13.9. The fraction of sp³-hybridized carbons (Fsp3) is 0.120. The molecule has 5 aromatic rings. The zero-order valence-electron chi connectivity index (χ0n) is 17.5. The van der Waals surface area contributed by atoms with E-state index in [0.29, 0.717) is 34.5 Å². The van der Waals surface area contributed by atoms with Crippen LogP contribution in [0.4, 0.5) is 14.6 Å². The first-order valence-corrected chi connectivity index (χ1v) is 10.6. The van der Waals surface area contributed by atoms with Gasteiger partial charge in [0, 0.05) is 30.5 Å². The van der Waals surface area contributed by atoms with Crippen molar-refractivity contribution in [3.8, 4) is 0 Å². The molecule has 4 heterocycles. The van der Waals surface area contributed by atoms with Crippen molar-refractivity contribution in [3.05, 3.63) is 94.6 Å². The van der Waals surface area contributed by atoms with E-state index < -0.39 is 0 Å². The van der Waals surface area contributed by atoms with Gasteiger partial charge < -0.3 is 15.2 Å². The molecule has 8 heteroatoms. The summed E-state index contributed by atoms with van der Waals surface area (Å²) in [6.07, 6.45) is 2.04. The minimum absolute atomic E-state index is 0.270. The standard InChI is InChI=1S/C25H19F2N5O/c26-17-3-1-2-15(10-17)14-31-20-5-4-18(27)11-16(20)12-22(31)25(33)30-24-7-6-23-29-19-13-28-9-8-21(19)32(23)24/h1-8,10-12,28H,9,13-14H2,(H,30,33). The Morgan fingerprint density at radius 2 is 1.94 bits per heavy atom. The first-order valence-electron chi connectivity index (χ1n) is 10.6. The highest BCUT2D eigenvalue weighted by Crippen LogP contribution is 2.24. The van der Waals surface area contributed by atoms with Gasteiger partial charge in [-0.25, -0.2) is 13.8 Å². The molecule has 1 aliphatic heterocycles. The lowest BCUT2D eigenvalue weighted by atomic mass is 10.2. The molecule has 0 bridgehead atoms. The number of aromatic nitrogens is 3. The summed E-state index contributed by atoms with van der Waals surface area (Å²) < 4.78 is 31.4. The van der Waals surface area contributed by atoms with Gasteiger partial charge in [0.25, 0.3) is 5.91 Å². The SMILES string of the molecule is O=C(Nc1ccc2nc3c(n12)=CCNC3)c1cc2cc(F)ccc2n1Cc1cccc(F)c1. The van der Waals surface area contributed by atoms with Crippen LogP contribution >= 0.6 is 0 Å². The Bertz CT molecular complexity index is 1600. The van der Waals surface area contributed by atoms with E-state index in [1.807, 2.05) is 22.6 Å². The molecular weight excluding hydrogens is 424 g/mol. The van der Waals surface area contributed by atoms with E-state index in [9.17, 15) is 13.6 Å². The highest BCUT2D eigenvalue weighted by molar-refractivity contribution is 6.06. The van der Waals surface area contributed by atoms with Crippen molar-refractivity contribution in [2.45, 2.75) is 13.1 Å². The van der Waals surface area contributed by atoms with E-state index in [-0.39, 0.29) is 24.1 Å². The van der Waals surface area contributed by atoms with Gasteiger partial charge in [0.15, 0.2) is 0 Å². The van der Waals surface area contributed by atoms with Crippen molar-refractivity contribution in [2.24, 2.45) is 0 Å². The summed E-state index contributed by atoms with van der Waals surface area (Å²) in [6.45, 7) is 1.67. The number of hydrogen-bond acceptors (Lipinski definition) is 3. The van der Waals surface area contributed by atoms with Crippen LogP contribution in [0.25, 0.3) is 22.6 Å². The lowest BCUT2D eigenvalue weighted by molar-refractivity contribution is 0.101. The Balaban J connectivity index is 1.43. The Morgan fingerprint density at radius 3 is 2.82 bits per heavy atom. The number of rotatable bonds is 4. The van der Waals surface area contributed by atoms with Gasteiger partial charge in [-0.2, -0.15) is 0 Å². The highest BCUT2D eigenvalue weighted by atomic mass is 19.1. The van der Waals surface area contributed by atoms with Gasteiger partial charge >= 0.3 is 0 Å². The summed E-state index contributed by atoms with van der Waals surface area (Å²) >= 11 is 0. The lowest BCUT2D eigenvalue weighted by Crippen LogP contribution is -2.29. The normalized spacial score (nSPS) is 13.3. The smallest absolute Gasteiger partial charge is 0.273 e. The van der Waals surface area contributed by atoms with Gasteiger partial charge in [-0.3, -0.25) is 9.20 Å². The van der Waals surface area contributed by atoms with Crippen molar-refractivity contribution < 1.29 is 13.6 Å². The molecule has 33 heavy (non-hydrogen) atoms. The van der Waals surface area contributed by atoms with Crippen molar-refractivity contribution in [3.63, 3.8) is 0 Å².